The first-order valence-corrected chi connectivity index (χ1v) is 6.52. The predicted octanol–water partition coefficient (Wildman–Crippen LogP) is 1.31. The highest BCUT2D eigenvalue weighted by Gasteiger charge is 2.16. The molecule has 0 heterocycles. The minimum atomic E-state index is -3.43. The zero-order chi connectivity index (χ0) is 12.2. The van der Waals surface area contributed by atoms with Gasteiger partial charge in [-0.3, -0.25) is 0 Å². The third-order valence-corrected chi connectivity index (χ3v) is 3.66. The Hall–Kier alpha value is -0.910. The van der Waals surface area contributed by atoms with Crippen LogP contribution in [-0.2, 0) is 14.8 Å². The normalized spacial score (nSPS) is 13.7. The molecule has 4 nitrogen and oxygen atoms in total. The fourth-order valence-electron chi connectivity index (χ4n) is 1.40. The molecule has 1 rings (SSSR count). The van der Waals surface area contributed by atoms with Gasteiger partial charge in [0.2, 0.25) is 10.0 Å². The van der Waals surface area contributed by atoms with E-state index in [0.29, 0.717) is 6.61 Å². The van der Waals surface area contributed by atoms with Crippen LogP contribution < -0.4 is 4.72 Å². The second-order valence-electron chi connectivity index (χ2n) is 3.79. The van der Waals surface area contributed by atoms with Crippen LogP contribution in [0.1, 0.15) is 12.5 Å². The van der Waals surface area contributed by atoms with Crippen LogP contribution in [0.25, 0.3) is 0 Å². The average Bonchev–Trinajstić information content (AvgIpc) is 2.17. The van der Waals surface area contributed by atoms with Crippen molar-refractivity contribution in [1.29, 1.82) is 0 Å². The van der Waals surface area contributed by atoms with E-state index in [1.165, 1.54) is 7.11 Å². The molecule has 0 aliphatic carbocycles. The van der Waals surface area contributed by atoms with Crippen molar-refractivity contribution in [2.45, 2.75) is 24.8 Å². The van der Waals surface area contributed by atoms with Crippen molar-refractivity contribution in [1.82, 2.24) is 4.72 Å². The van der Waals surface area contributed by atoms with Crippen molar-refractivity contribution in [3.05, 3.63) is 29.8 Å². The maximum atomic E-state index is 11.9. The van der Waals surface area contributed by atoms with Gasteiger partial charge in [0.05, 0.1) is 11.5 Å². The quantitative estimate of drug-likeness (QED) is 0.848. The molecule has 0 fully saturated rings. The first-order chi connectivity index (χ1) is 7.45. The summed E-state index contributed by atoms with van der Waals surface area (Å²) in [5.74, 6) is 0. The first-order valence-electron chi connectivity index (χ1n) is 5.03. The fourth-order valence-corrected chi connectivity index (χ4v) is 2.73. The second kappa shape index (κ2) is 5.43. The van der Waals surface area contributed by atoms with Crippen LogP contribution in [0.3, 0.4) is 0 Å². The van der Waals surface area contributed by atoms with E-state index in [1.54, 1.807) is 25.1 Å². The number of sulfonamides is 1. The predicted molar refractivity (Wildman–Crippen MR) is 62.8 cm³/mol. The van der Waals surface area contributed by atoms with Crippen LogP contribution in [-0.4, -0.2) is 28.2 Å². The third kappa shape index (κ3) is 3.59. The Labute approximate surface area is 96.7 Å². The molecule has 0 radical (unpaired) electrons. The van der Waals surface area contributed by atoms with Crippen LogP contribution in [0.2, 0.25) is 0 Å². The van der Waals surface area contributed by atoms with E-state index in [-0.39, 0.29) is 10.9 Å². The topological polar surface area (TPSA) is 55.4 Å². The van der Waals surface area contributed by atoms with Gasteiger partial charge in [-0.15, -0.1) is 0 Å². The minimum absolute atomic E-state index is 0.240. The van der Waals surface area contributed by atoms with Crippen LogP contribution in [0.5, 0.6) is 0 Å². The Morgan fingerprint density at radius 2 is 2.12 bits per heavy atom. The standard InChI is InChI=1S/C11H17NO3S/c1-9-5-4-6-11(7-9)16(13,14)12-10(2)8-15-3/h4-7,10,12H,8H2,1-3H3/t10-/m1/s1. The summed E-state index contributed by atoms with van der Waals surface area (Å²) in [6.07, 6.45) is 0. The number of nitrogens with one attached hydrogen (secondary N) is 1. The van der Waals surface area contributed by atoms with Gasteiger partial charge in [-0.05, 0) is 31.5 Å². The van der Waals surface area contributed by atoms with Gasteiger partial charge in [-0.2, -0.15) is 0 Å². The zero-order valence-electron chi connectivity index (χ0n) is 9.73. The molecule has 1 aromatic carbocycles. The third-order valence-electron chi connectivity index (χ3n) is 2.07. The lowest BCUT2D eigenvalue weighted by Gasteiger charge is -2.13. The number of methoxy groups -OCH3 is 1. The molecule has 0 aliphatic rings. The molecular weight excluding hydrogens is 226 g/mol. The Kier molecular flexibility index (Phi) is 4.46. The van der Waals surface area contributed by atoms with Gasteiger partial charge in [0.25, 0.3) is 0 Å². The minimum Gasteiger partial charge on any atom is -0.383 e. The van der Waals surface area contributed by atoms with Gasteiger partial charge < -0.3 is 4.74 Å². The van der Waals surface area contributed by atoms with Crippen molar-refractivity contribution in [3.63, 3.8) is 0 Å². The first kappa shape index (κ1) is 13.2. The summed E-state index contributed by atoms with van der Waals surface area (Å²) in [5.41, 5.74) is 0.919. The van der Waals surface area contributed by atoms with Crippen molar-refractivity contribution < 1.29 is 13.2 Å². The smallest absolute Gasteiger partial charge is 0.240 e. The highest BCUT2D eigenvalue weighted by molar-refractivity contribution is 7.89. The van der Waals surface area contributed by atoms with Crippen LogP contribution in [0, 0.1) is 6.92 Å². The monoisotopic (exact) mass is 243 g/mol. The summed E-state index contributed by atoms with van der Waals surface area (Å²) in [6, 6.07) is 6.56. The van der Waals surface area contributed by atoms with E-state index < -0.39 is 10.0 Å². The van der Waals surface area contributed by atoms with Crippen LogP contribution in [0.4, 0.5) is 0 Å². The number of benzene rings is 1. The highest BCUT2D eigenvalue weighted by atomic mass is 32.2. The van der Waals surface area contributed by atoms with Gasteiger partial charge in [0.1, 0.15) is 0 Å². The second-order valence-corrected chi connectivity index (χ2v) is 5.51. The molecule has 0 spiro atoms. The van der Waals surface area contributed by atoms with E-state index in [9.17, 15) is 8.42 Å². The SMILES string of the molecule is COC[C@@H](C)NS(=O)(=O)c1cccc(C)c1. The van der Waals surface area contributed by atoms with Crippen molar-refractivity contribution in [2.75, 3.05) is 13.7 Å². The lowest BCUT2D eigenvalue weighted by molar-refractivity contribution is 0.180. The lowest BCUT2D eigenvalue weighted by Crippen LogP contribution is -2.35. The molecule has 5 heteroatoms. The number of ether oxygens (including phenoxy) is 1. The summed E-state index contributed by atoms with van der Waals surface area (Å²) in [4.78, 5) is 0.287. The van der Waals surface area contributed by atoms with E-state index in [1.807, 2.05) is 13.0 Å². The summed E-state index contributed by atoms with van der Waals surface area (Å²) in [6.45, 7) is 3.97. The molecule has 0 amide bonds. The highest BCUT2D eigenvalue weighted by Crippen LogP contribution is 2.11. The largest absolute Gasteiger partial charge is 0.383 e. The van der Waals surface area contributed by atoms with Gasteiger partial charge in [-0.1, -0.05) is 12.1 Å². The maximum Gasteiger partial charge on any atom is 0.240 e. The Balaban J connectivity index is 2.86. The zero-order valence-corrected chi connectivity index (χ0v) is 10.5. The van der Waals surface area contributed by atoms with E-state index in [2.05, 4.69) is 4.72 Å². The molecule has 0 bridgehead atoms. The van der Waals surface area contributed by atoms with Crippen LogP contribution in [0.15, 0.2) is 29.2 Å². The molecule has 0 aromatic heterocycles. The van der Waals surface area contributed by atoms with E-state index >= 15 is 0 Å². The van der Waals surface area contributed by atoms with Gasteiger partial charge in [-0.25, -0.2) is 13.1 Å². The van der Waals surface area contributed by atoms with Gasteiger partial charge >= 0.3 is 0 Å². The molecule has 1 atom stereocenters. The Morgan fingerprint density at radius 1 is 1.44 bits per heavy atom. The molecule has 0 saturated heterocycles. The molecule has 90 valence electrons. The molecular formula is C11H17NO3S. The maximum absolute atomic E-state index is 11.9. The summed E-state index contributed by atoms with van der Waals surface area (Å²) < 4.78 is 31.2. The Bertz CT molecular complexity index is 442. The Morgan fingerprint density at radius 3 is 2.69 bits per heavy atom. The molecule has 1 aromatic rings. The van der Waals surface area contributed by atoms with Gasteiger partial charge in [0.15, 0.2) is 0 Å². The van der Waals surface area contributed by atoms with Crippen molar-refractivity contribution >= 4 is 10.0 Å². The molecule has 1 N–H and O–H groups in total. The van der Waals surface area contributed by atoms with Gasteiger partial charge in [0, 0.05) is 13.2 Å². The number of aryl methyl sites for hydroxylation is 1. The molecule has 0 aliphatic heterocycles. The lowest BCUT2D eigenvalue weighted by atomic mass is 10.2. The molecule has 0 unspecified atom stereocenters. The van der Waals surface area contributed by atoms with E-state index in [4.69, 9.17) is 4.74 Å². The molecule has 0 saturated carbocycles. The molecule has 16 heavy (non-hydrogen) atoms. The average molecular weight is 243 g/mol. The number of hydrogen-bond donors (Lipinski definition) is 1. The summed E-state index contributed by atoms with van der Waals surface area (Å²) >= 11 is 0. The summed E-state index contributed by atoms with van der Waals surface area (Å²) in [5, 5.41) is 0. The fraction of sp³-hybridized carbons (Fsp3) is 0.455. The van der Waals surface area contributed by atoms with Crippen LogP contribution >= 0.6 is 0 Å². The number of rotatable bonds is 5. The number of hydrogen-bond acceptors (Lipinski definition) is 3. The van der Waals surface area contributed by atoms with Crippen molar-refractivity contribution in [3.8, 4) is 0 Å². The van der Waals surface area contributed by atoms with E-state index in [0.717, 1.165) is 5.56 Å². The van der Waals surface area contributed by atoms with Crippen molar-refractivity contribution in [2.24, 2.45) is 0 Å². The summed E-state index contributed by atoms with van der Waals surface area (Å²) in [7, 11) is -1.90.